The maximum absolute atomic E-state index is 12.0. The molecule has 2 N–H and O–H groups in total. The number of rotatable bonds is 8. The second kappa shape index (κ2) is 9.20. The lowest BCUT2D eigenvalue weighted by Gasteiger charge is -2.06. The van der Waals surface area contributed by atoms with E-state index in [0.717, 1.165) is 11.5 Å². The highest BCUT2D eigenvalue weighted by Crippen LogP contribution is 2.10. The Morgan fingerprint density at radius 3 is 2.69 bits per heavy atom. The average molecular weight is 367 g/mol. The molecule has 0 bridgehead atoms. The van der Waals surface area contributed by atoms with Gasteiger partial charge in [-0.3, -0.25) is 9.59 Å². The molecule has 2 aromatic carbocycles. The quantitative estimate of drug-likeness (QED) is 0.600. The maximum Gasteiger partial charge on any atom is 0.258 e. The van der Waals surface area contributed by atoms with Gasteiger partial charge in [0.05, 0.1) is 10.9 Å². The number of thioether (sulfide) groups is 1. The van der Waals surface area contributed by atoms with Crippen LogP contribution in [-0.4, -0.2) is 28.2 Å². The van der Waals surface area contributed by atoms with E-state index in [9.17, 15) is 9.59 Å². The third-order valence-corrected chi connectivity index (χ3v) is 4.96. The van der Waals surface area contributed by atoms with Crippen LogP contribution in [0.15, 0.2) is 59.4 Å². The smallest absolute Gasteiger partial charge is 0.258 e. The van der Waals surface area contributed by atoms with E-state index in [1.165, 1.54) is 5.56 Å². The molecular weight excluding hydrogens is 346 g/mol. The fourth-order valence-electron chi connectivity index (χ4n) is 2.60. The van der Waals surface area contributed by atoms with Crippen molar-refractivity contribution in [3.05, 3.63) is 76.3 Å². The van der Waals surface area contributed by atoms with Gasteiger partial charge in [0.1, 0.15) is 5.82 Å². The first-order valence-electron chi connectivity index (χ1n) is 8.59. The van der Waals surface area contributed by atoms with Crippen LogP contribution in [0.25, 0.3) is 10.9 Å². The number of aromatic amines is 1. The normalized spacial score (nSPS) is 10.8. The molecule has 0 spiro atoms. The van der Waals surface area contributed by atoms with Crippen LogP contribution in [0.2, 0.25) is 0 Å². The Bertz CT molecular complexity index is 925. The summed E-state index contributed by atoms with van der Waals surface area (Å²) in [6.07, 6.45) is 0.730. The lowest BCUT2D eigenvalue weighted by Crippen LogP contribution is -2.26. The van der Waals surface area contributed by atoms with E-state index in [1.54, 1.807) is 23.9 Å². The highest BCUT2D eigenvalue weighted by Gasteiger charge is 2.06. The summed E-state index contributed by atoms with van der Waals surface area (Å²) in [5, 5.41) is 3.48. The second-order valence-corrected chi connectivity index (χ2v) is 7.02. The zero-order chi connectivity index (χ0) is 18.2. The molecule has 134 valence electrons. The highest BCUT2D eigenvalue weighted by atomic mass is 32.2. The Morgan fingerprint density at radius 1 is 1.08 bits per heavy atom. The largest absolute Gasteiger partial charge is 0.355 e. The number of fused-ring (bicyclic) bond motifs is 1. The molecule has 6 heteroatoms. The minimum Gasteiger partial charge on any atom is -0.355 e. The monoisotopic (exact) mass is 367 g/mol. The van der Waals surface area contributed by atoms with Crippen molar-refractivity contribution in [1.82, 2.24) is 15.3 Å². The van der Waals surface area contributed by atoms with Gasteiger partial charge >= 0.3 is 0 Å². The van der Waals surface area contributed by atoms with Crippen LogP contribution in [0.4, 0.5) is 0 Å². The molecule has 5 nitrogen and oxygen atoms in total. The Morgan fingerprint density at radius 2 is 1.85 bits per heavy atom. The molecule has 3 rings (SSSR count). The number of aryl methyl sites for hydroxylation is 1. The maximum atomic E-state index is 12.0. The molecule has 0 aliphatic heterocycles. The lowest BCUT2D eigenvalue weighted by molar-refractivity contribution is -0.120. The predicted octanol–water partition coefficient (Wildman–Crippen LogP) is 2.91. The molecule has 0 fully saturated rings. The first kappa shape index (κ1) is 18.2. The summed E-state index contributed by atoms with van der Waals surface area (Å²) in [5.41, 5.74) is 1.78. The number of carbonyl (C=O) groups is 1. The number of benzene rings is 2. The van der Waals surface area contributed by atoms with Crippen molar-refractivity contribution in [2.24, 2.45) is 0 Å². The van der Waals surface area contributed by atoms with E-state index in [2.05, 4.69) is 27.4 Å². The minimum atomic E-state index is -0.164. The Balaban J connectivity index is 1.39. The molecule has 1 aromatic heterocycles. The number of H-pyrrole nitrogens is 1. The Labute approximate surface area is 156 Å². The van der Waals surface area contributed by atoms with Gasteiger partial charge in [-0.2, -0.15) is 11.8 Å². The fourth-order valence-corrected chi connectivity index (χ4v) is 3.42. The zero-order valence-corrected chi connectivity index (χ0v) is 15.2. The van der Waals surface area contributed by atoms with Gasteiger partial charge in [0.25, 0.3) is 5.56 Å². The third-order valence-electron chi connectivity index (χ3n) is 3.93. The van der Waals surface area contributed by atoms with Crippen molar-refractivity contribution < 1.29 is 4.79 Å². The number of nitrogens with one attached hydrogen (secondary N) is 2. The van der Waals surface area contributed by atoms with Crippen LogP contribution >= 0.6 is 11.8 Å². The number of nitrogens with zero attached hydrogens (tertiary/aromatic N) is 1. The summed E-state index contributed by atoms with van der Waals surface area (Å²) in [5.74, 6) is 2.33. The number of para-hydroxylation sites is 1. The predicted molar refractivity (Wildman–Crippen MR) is 106 cm³/mol. The van der Waals surface area contributed by atoms with E-state index in [0.29, 0.717) is 36.1 Å². The molecular formula is C20H21N3O2S. The molecule has 0 aliphatic rings. The molecule has 0 aliphatic carbocycles. The van der Waals surface area contributed by atoms with Gasteiger partial charge in [0, 0.05) is 30.9 Å². The summed E-state index contributed by atoms with van der Waals surface area (Å²) in [6.45, 7) is 0.637. The first-order chi connectivity index (χ1) is 12.7. The van der Waals surface area contributed by atoms with Crippen molar-refractivity contribution in [3.8, 4) is 0 Å². The van der Waals surface area contributed by atoms with Crippen LogP contribution in [0.1, 0.15) is 17.8 Å². The topological polar surface area (TPSA) is 74.8 Å². The van der Waals surface area contributed by atoms with E-state index in [1.807, 2.05) is 30.3 Å². The number of carbonyl (C=O) groups excluding carboxylic acids is 1. The van der Waals surface area contributed by atoms with Crippen LogP contribution in [0.3, 0.4) is 0 Å². The zero-order valence-electron chi connectivity index (χ0n) is 14.4. The van der Waals surface area contributed by atoms with Gasteiger partial charge in [-0.1, -0.05) is 42.5 Å². The van der Waals surface area contributed by atoms with Crippen LogP contribution in [-0.2, 0) is 17.0 Å². The van der Waals surface area contributed by atoms with Gasteiger partial charge in [-0.05, 0) is 17.7 Å². The number of hydrogen-bond acceptors (Lipinski definition) is 4. The SMILES string of the molecule is O=C(CCc1nc2ccccc2c(=O)[nH]1)NCCSCc1ccccc1. The average Bonchev–Trinajstić information content (AvgIpc) is 2.67. The molecule has 0 saturated heterocycles. The molecule has 1 amide bonds. The molecule has 3 aromatic rings. The summed E-state index contributed by atoms with van der Waals surface area (Å²) < 4.78 is 0. The summed E-state index contributed by atoms with van der Waals surface area (Å²) >= 11 is 1.79. The molecule has 26 heavy (non-hydrogen) atoms. The Kier molecular flexibility index (Phi) is 6.44. The minimum absolute atomic E-state index is 0.0267. The van der Waals surface area contributed by atoms with Gasteiger partial charge in [-0.15, -0.1) is 0 Å². The summed E-state index contributed by atoms with van der Waals surface area (Å²) in [6, 6.07) is 17.5. The fraction of sp³-hybridized carbons (Fsp3) is 0.250. The van der Waals surface area contributed by atoms with Crippen LogP contribution in [0, 0.1) is 0 Å². The van der Waals surface area contributed by atoms with E-state index >= 15 is 0 Å². The second-order valence-electron chi connectivity index (χ2n) is 5.92. The van der Waals surface area contributed by atoms with Crippen molar-refractivity contribution in [1.29, 1.82) is 0 Å². The highest BCUT2D eigenvalue weighted by molar-refractivity contribution is 7.98. The van der Waals surface area contributed by atoms with Crippen LogP contribution in [0.5, 0.6) is 0 Å². The number of amides is 1. The van der Waals surface area contributed by atoms with Gasteiger partial charge in [0.2, 0.25) is 5.91 Å². The molecule has 0 saturated carbocycles. The van der Waals surface area contributed by atoms with Crippen molar-refractivity contribution in [3.63, 3.8) is 0 Å². The van der Waals surface area contributed by atoms with Gasteiger partial charge < -0.3 is 10.3 Å². The summed E-state index contributed by atoms with van der Waals surface area (Å²) in [4.78, 5) is 31.1. The number of aromatic nitrogens is 2. The van der Waals surface area contributed by atoms with E-state index < -0.39 is 0 Å². The Hall–Kier alpha value is -2.60. The van der Waals surface area contributed by atoms with Crippen LogP contribution < -0.4 is 10.9 Å². The van der Waals surface area contributed by atoms with Gasteiger partial charge in [-0.25, -0.2) is 4.98 Å². The third kappa shape index (κ3) is 5.20. The van der Waals surface area contributed by atoms with Crippen molar-refractivity contribution in [2.75, 3.05) is 12.3 Å². The van der Waals surface area contributed by atoms with Crippen molar-refractivity contribution >= 4 is 28.6 Å². The lowest BCUT2D eigenvalue weighted by atomic mass is 10.2. The van der Waals surface area contributed by atoms with E-state index in [-0.39, 0.29) is 11.5 Å². The molecule has 0 atom stereocenters. The van der Waals surface area contributed by atoms with Gasteiger partial charge in [0.15, 0.2) is 0 Å². The van der Waals surface area contributed by atoms with E-state index in [4.69, 9.17) is 0 Å². The molecule has 0 radical (unpaired) electrons. The first-order valence-corrected chi connectivity index (χ1v) is 9.74. The molecule has 0 unspecified atom stereocenters. The summed E-state index contributed by atoms with van der Waals surface area (Å²) in [7, 11) is 0. The standard InChI is InChI=1S/C20H21N3O2S/c24-19(21-12-13-26-14-15-6-2-1-3-7-15)11-10-18-22-17-9-5-4-8-16(17)20(25)23-18/h1-9H,10-14H2,(H,21,24)(H,22,23,25). The van der Waals surface area contributed by atoms with Crippen molar-refractivity contribution in [2.45, 2.75) is 18.6 Å². The number of hydrogen-bond donors (Lipinski definition) is 2. The molecule has 1 heterocycles.